The predicted octanol–water partition coefficient (Wildman–Crippen LogP) is 2.87. The Kier molecular flexibility index (Phi) is 6.42. The molecule has 6 heteroatoms. The van der Waals surface area contributed by atoms with Crippen LogP contribution in [0.4, 0.5) is 0 Å². The number of aromatic nitrogens is 1. The highest BCUT2D eigenvalue weighted by Crippen LogP contribution is 2.26. The standard InChI is InChI=1S/C19H25N3O2S/c1-2-24-17-7-5-15(6-8-17)19-22-16(13-25-19)10-18(23)21-12-14-4-3-9-20-11-14/h5-8,13-14,20H,2-4,9-12H2,1H3,(H,21,23). The first-order chi connectivity index (χ1) is 12.2. The molecule has 1 aromatic heterocycles. The molecule has 0 aliphatic carbocycles. The van der Waals surface area contributed by atoms with Gasteiger partial charge in [-0.15, -0.1) is 11.3 Å². The summed E-state index contributed by atoms with van der Waals surface area (Å²) in [6.07, 6.45) is 2.72. The van der Waals surface area contributed by atoms with E-state index < -0.39 is 0 Å². The number of thiazole rings is 1. The topological polar surface area (TPSA) is 63.2 Å². The highest BCUT2D eigenvalue weighted by molar-refractivity contribution is 7.13. The van der Waals surface area contributed by atoms with Crippen molar-refractivity contribution in [3.63, 3.8) is 0 Å². The number of amides is 1. The first-order valence-corrected chi connectivity index (χ1v) is 9.77. The average molecular weight is 359 g/mol. The molecule has 0 radical (unpaired) electrons. The highest BCUT2D eigenvalue weighted by atomic mass is 32.1. The first-order valence-electron chi connectivity index (χ1n) is 8.89. The number of nitrogens with zero attached hydrogens (tertiary/aromatic N) is 1. The van der Waals surface area contributed by atoms with Gasteiger partial charge in [0.2, 0.25) is 5.91 Å². The third kappa shape index (κ3) is 5.28. The minimum Gasteiger partial charge on any atom is -0.494 e. The third-order valence-corrected chi connectivity index (χ3v) is 5.23. The smallest absolute Gasteiger partial charge is 0.226 e. The summed E-state index contributed by atoms with van der Waals surface area (Å²) in [5.74, 6) is 1.46. The number of rotatable bonds is 7. The third-order valence-electron chi connectivity index (χ3n) is 4.29. The lowest BCUT2D eigenvalue weighted by molar-refractivity contribution is -0.120. The molecule has 1 atom stereocenters. The van der Waals surface area contributed by atoms with Crippen molar-refractivity contribution in [2.75, 3.05) is 26.2 Å². The summed E-state index contributed by atoms with van der Waals surface area (Å²) in [7, 11) is 0. The summed E-state index contributed by atoms with van der Waals surface area (Å²) in [6.45, 7) is 5.47. The molecule has 134 valence electrons. The molecular formula is C19H25N3O2S. The molecule has 25 heavy (non-hydrogen) atoms. The largest absolute Gasteiger partial charge is 0.494 e. The van der Waals surface area contributed by atoms with E-state index in [1.807, 2.05) is 36.6 Å². The fourth-order valence-corrected chi connectivity index (χ4v) is 3.79. The summed E-state index contributed by atoms with van der Waals surface area (Å²) < 4.78 is 5.46. The molecule has 3 rings (SSSR count). The van der Waals surface area contributed by atoms with Crippen LogP contribution < -0.4 is 15.4 Å². The van der Waals surface area contributed by atoms with Gasteiger partial charge in [0.1, 0.15) is 10.8 Å². The van der Waals surface area contributed by atoms with E-state index in [9.17, 15) is 4.79 Å². The summed E-state index contributed by atoms with van der Waals surface area (Å²) in [5, 5.41) is 9.31. The molecule has 1 aliphatic heterocycles. The Hall–Kier alpha value is -1.92. The Morgan fingerprint density at radius 1 is 1.40 bits per heavy atom. The quantitative estimate of drug-likeness (QED) is 0.798. The zero-order valence-corrected chi connectivity index (χ0v) is 15.4. The van der Waals surface area contributed by atoms with Crippen molar-refractivity contribution >= 4 is 17.2 Å². The molecule has 2 heterocycles. The van der Waals surface area contributed by atoms with Gasteiger partial charge in [0, 0.05) is 17.5 Å². The second kappa shape index (κ2) is 8.97. The monoisotopic (exact) mass is 359 g/mol. The molecule has 2 aromatic rings. The maximum atomic E-state index is 12.1. The fraction of sp³-hybridized carbons (Fsp3) is 0.474. The van der Waals surface area contributed by atoms with Crippen molar-refractivity contribution in [1.82, 2.24) is 15.6 Å². The lowest BCUT2D eigenvalue weighted by atomic mass is 10.00. The second-order valence-corrected chi connectivity index (χ2v) is 7.15. The number of ether oxygens (including phenoxy) is 1. The van der Waals surface area contributed by atoms with Gasteiger partial charge < -0.3 is 15.4 Å². The number of nitrogens with one attached hydrogen (secondary N) is 2. The molecule has 1 amide bonds. The van der Waals surface area contributed by atoms with Crippen LogP contribution in [-0.2, 0) is 11.2 Å². The van der Waals surface area contributed by atoms with Crippen LogP contribution in [0.25, 0.3) is 10.6 Å². The Morgan fingerprint density at radius 2 is 2.24 bits per heavy atom. The molecule has 0 spiro atoms. The molecular weight excluding hydrogens is 334 g/mol. The number of hydrogen-bond acceptors (Lipinski definition) is 5. The van der Waals surface area contributed by atoms with Crippen molar-refractivity contribution < 1.29 is 9.53 Å². The van der Waals surface area contributed by atoms with Crippen molar-refractivity contribution in [3.8, 4) is 16.3 Å². The Bertz CT molecular complexity index is 678. The maximum Gasteiger partial charge on any atom is 0.226 e. The van der Waals surface area contributed by atoms with Gasteiger partial charge in [0.25, 0.3) is 0 Å². The van der Waals surface area contributed by atoms with Crippen LogP contribution >= 0.6 is 11.3 Å². The van der Waals surface area contributed by atoms with Crippen molar-refractivity contribution in [1.29, 1.82) is 0 Å². The summed E-state index contributed by atoms with van der Waals surface area (Å²) >= 11 is 1.57. The van der Waals surface area contributed by atoms with Gasteiger partial charge >= 0.3 is 0 Å². The van der Waals surface area contributed by atoms with Crippen LogP contribution in [0.2, 0.25) is 0 Å². The molecule has 2 N–H and O–H groups in total. The van der Waals surface area contributed by atoms with E-state index in [0.717, 1.165) is 41.6 Å². The van der Waals surface area contributed by atoms with E-state index in [2.05, 4.69) is 15.6 Å². The van der Waals surface area contributed by atoms with Gasteiger partial charge in [-0.2, -0.15) is 0 Å². The number of hydrogen-bond donors (Lipinski definition) is 2. The zero-order valence-electron chi connectivity index (χ0n) is 14.6. The van der Waals surface area contributed by atoms with Gasteiger partial charge in [-0.25, -0.2) is 4.98 Å². The van der Waals surface area contributed by atoms with Crippen LogP contribution in [0, 0.1) is 5.92 Å². The van der Waals surface area contributed by atoms with Gasteiger partial charge in [-0.1, -0.05) is 0 Å². The average Bonchev–Trinajstić information content (AvgIpc) is 3.10. The van der Waals surface area contributed by atoms with Gasteiger partial charge in [-0.3, -0.25) is 4.79 Å². The minimum atomic E-state index is 0.0501. The minimum absolute atomic E-state index is 0.0501. The predicted molar refractivity (Wildman–Crippen MR) is 101 cm³/mol. The SMILES string of the molecule is CCOc1ccc(-c2nc(CC(=O)NCC3CCCNC3)cs2)cc1. The van der Waals surface area contributed by atoms with Crippen LogP contribution in [0.15, 0.2) is 29.6 Å². The first kappa shape index (κ1) is 17.9. The van der Waals surface area contributed by atoms with Gasteiger partial charge in [0.05, 0.1) is 18.7 Å². The highest BCUT2D eigenvalue weighted by Gasteiger charge is 2.15. The van der Waals surface area contributed by atoms with Gasteiger partial charge in [0.15, 0.2) is 0 Å². The maximum absolute atomic E-state index is 12.1. The second-order valence-electron chi connectivity index (χ2n) is 6.29. The summed E-state index contributed by atoms with van der Waals surface area (Å²) in [6, 6.07) is 7.91. The molecule has 5 nitrogen and oxygen atoms in total. The van der Waals surface area contributed by atoms with E-state index in [1.54, 1.807) is 11.3 Å². The van der Waals surface area contributed by atoms with Crippen LogP contribution in [-0.4, -0.2) is 37.1 Å². The number of carbonyl (C=O) groups excluding carboxylic acids is 1. The lowest BCUT2D eigenvalue weighted by Gasteiger charge is -2.22. The zero-order chi connectivity index (χ0) is 17.5. The fourth-order valence-electron chi connectivity index (χ4n) is 2.96. The van der Waals surface area contributed by atoms with E-state index in [4.69, 9.17) is 4.74 Å². The number of benzene rings is 1. The van der Waals surface area contributed by atoms with Crippen LogP contribution in [0.3, 0.4) is 0 Å². The van der Waals surface area contributed by atoms with Gasteiger partial charge in [-0.05, 0) is 63.0 Å². The van der Waals surface area contributed by atoms with Crippen molar-refractivity contribution in [2.24, 2.45) is 5.92 Å². The van der Waals surface area contributed by atoms with Crippen LogP contribution in [0.1, 0.15) is 25.5 Å². The Morgan fingerprint density at radius 3 is 2.96 bits per heavy atom. The molecule has 1 fully saturated rings. The number of carbonyl (C=O) groups is 1. The molecule has 1 aromatic carbocycles. The molecule has 0 bridgehead atoms. The van der Waals surface area contributed by atoms with E-state index in [-0.39, 0.29) is 5.91 Å². The normalized spacial score (nSPS) is 17.2. The lowest BCUT2D eigenvalue weighted by Crippen LogP contribution is -2.38. The summed E-state index contributed by atoms with van der Waals surface area (Å²) in [4.78, 5) is 16.7. The van der Waals surface area contributed by atoms with E-state index in [0.29, 0.717) is 18.9 Å². The Labute approximate surface area is 152 Å². The Balaban J connectivity index is 1.51. The summed E-state index contributed by atoms with van der Waals surface area (Å²) in [5.41, 5.74) is 1.88. The van der Waals surface area contributed by atoms with Crippen LogP contribution in [0.5, 0.6) is 5.75 Å². The van der Waals surface area contributed by atoms with Crippen molar-refractivity contribution in [3.05, 3.63) is 35.3 Å². The molecule has 1 saturated heterocycles. The number of piperidine rings is 1. The van der Waals surface area contributed by atoms with Crippen molar-refractivity contribution in [2.45, 2.75) is 26.2 Å². The van der Waals surface area contributed by atoms with E-state index >= 15 is 0 Å². The van der Waals surface area contributed by atoms with E-state index in [1.165, 1.54) is 12.8 Å². The molecule has 1 unspecified atom stereocenters. The molecule has 0 saturated carbocycles. The molecule has 1 aliphatic rings.